The van der Waals surface area contributed by atoms with Crippen LogP contribution < -0.4 is 4.90 Å². The van der Waals surface area contributed by atoms with Crippen LogP contribution in [0.1, 0.15) is 30.4 Å². The molecule has 4 fully saturated rings. The number of hydrogen-bond donors (Lipinski definition) is 0. The molecule has 17 rings (SSSR count). The Balaban J connectivity index is 0.846. The van der Waals surface area contributed by atoms with Crippen LogP contribution in [-0.2, 0) is 5.41 Å². The van der Waals surface area contributed by atoms with E-state index in [4.69, 9.17) is 0 Å². The van der Waals surface area contributed by atoms with E-state index in [2.05, 4.69) is 264 Å². The van der Waals surface area contributed by atoms with E-state index >= 15 is 0 Å². The lowest BCUT2D eigenvalue weighted by molar-refractivity contribution is -0.412. The van der Waals surface area contributed by atoms with Gasteiger partial charge in [-0.15, -0.1) is 0 Å². The number of benzene rings is 11. The van der Waals surface area contributed by atoms with Crippen molar-refractivity contribution in [3.8, 4) is 61.3 Å². The smallest absolute Gasteiger partial charge is 0.0547 e. The molecule has 11 aromatic carbocycles. The molecule has 4 atom stereocenters. The van der Waals surface area contributed by atoms with Gasteiger partial charge >= 0.3 is 0 Å². The molecule has 1 aromatic heterocycles. The Kier molecular flexibility index (Phi) is 8.58. The van der Waals surface area contributed by atoms with Crippen molar-refractivity contribution in [2.24, 2.45) is 29.1 Å². The molecule has 0 saturated heterocycles. The van der Waals surface area contributed by atoms with Crippen LogP contribution in [0.25, 0.3) is 93.9 Å². The fourth-order valence-corrected chi connectivity index (χ4v) is 16.6. The predicted octanol–water partition coefficient (Wildman–Crippen LogP) is 19.0. The summed E-state index contributed by atoms with van der Waals surface area (Å²) in [6.45, 7) is 0. The highest BCUT2D eigenvalue weighted by Crippen LogP contribution is 2.94. The van der Waals surface area contributed by atoms with Crippen molar-refractivity contribution in [2.45, 2.75) is 24.7 Å². The SMILES string of the molecule is c1ccc(-c2cccc3cccc(-c4ccccc4N(c4ccc(-c5ccc6c(c5)C5(c7ccccc7-6)C6CC7CC8CC5C786)cc4)c4ccccc4-c4ccc5c6ccccc6n(-c6ccccc6)c5c4)c23)cc1. The van der Waals surface area contributed by atoms with Gasteiger partial charge in [-0.25, -0.2) is 0 Å². The lowest BCUT2D eigenvalue weighted by atomic mass is 9.11. The first-order valence-electron chi connectivity index (χ1n) is 27.2. The third-order valence-corrected chi connectivity index (χ3v) is 19.5. The zero-order valence-corrected chi connectivity index (χ0v) is 41.6. The molecular weight excluding hydrogens is 905 g/mol. The monoisotopic (exact) mass is 956 g/mol. The quantitative estimate of drug-likeness (QED) is 0.147. The molecule has 75 heavy (non-hydrogen) atoms. The first kappa shape index (κ1) is 41.7. The standard InChI is InChI=1S/C73H52N2/c1-3-17-47(18-4-1)56-27-15-19-48-20-16-28-62(71(48)56)60-26-10-14-32-67(60)74(65-30-12-8-23-55(65)50-36-40-61-59-25-9-13-31-66(59)75(68(61)42-50)53-21-5-2-6-22-53)54-37-33-46(34-38-54)49-35-39-58-57-24-7-11-29-63(57)73(64(58)41-49)69-44-51-43-52-45-70(73)72(51,52)69/h1-42,51-52,69-70H,43-45H2. The van der Waals surface area contributed by atoms with Crippen molar-refractivity contribution in [1.82, 2.24) is 4.57 Å². The molecule has 0 bridgehead atoms. The van der Waals surface area contributed by atoms with Gasteiger partial charge in [0.1, 0.15) is 0 Å². The molecule has 12 aromatic rings. The second-order valence-electron chi connectivity index (χ2n) is 22.3. The average molecular weight is 957 g/mol. The molecule has 2 heteroatoms. The highest BCUT2D eigenvalue weighted by atomic mass is 15.1. The number of hydrogen-bond acceptors (Lipinski definition) is 1. The summed E-state index contributed by atoms with van der Waals surface area (Å²) in [5.74, 6) is 3.57. The zero-order valence-electron chi connectivity index (χ0n) is 41.6. The molecule has 1 heterocycles. The van der Waals surface area contributed by atoms with Gasteiger partial charge in [0.05, 0.1) is 22.4 Å². The maximum absolute atomic E-state index is 2.62. The molecule has 0 radical (unpaired) electrons. The minimum atomic E-state index is 0.181. The lowest BCUT2D eigenvalue weighted by Gasteiger charge is -2.92. The van der Waals surface area contributed by atoms with Gasteiger partial charge in [-0.2, -0.15) is 0 Å². The van der Waals surface area contributed by atoms with Crippen molar-refractivity contribution < 1.29 is 0 Å². The van der Waals surface area contributed by atoms with Crippen LogP contribution in [0.15, 0.2) is 255 Å². The topological polar surface area (TPSA) is 8.17 Å². The van der Waals surface area contributed by atoms with E-state index in [0.717, 1.165) is 57.5 Å². The summed E-state index contributed by atoms with van der Waals surface area (Å²) in [5, 5.41) is 4.97. The Morgan fingerprint density at radius 3 is 1.72 bits per heavy atom. The molecular formula is C73H52N2. The third kappa shape index (κ3) is 5.44. The number of nitrogens with zero attached hydrogens (tertiary/aromatic N) is 2. The van der Waals surface area contributed by atoms with E-state index in [1.165, 1.54) is 96.3 Å². The third-order valence-electron chi connectivity index (χ3n) is 19.5. The van der Waals surface area contributed by atoms with Gasteiger partial charge in [-0.05, 0) is 169 Å². The average Bonchev–Trinajstić information content (AvgIpc) is 2.73. The van der Waals surface area contributed by atoms with E-state index in [9.17, 15) is 0 Å². The van der Waals surface area contributed by atoms with Gasteiger partial charge in [-0.3, -0.25) is 0 Å². The summed E-state index contributed by atoms with van der Waals surface area (Å²) in [6, 6.07) is 95.6. The second kappa shape index (κ2) is 15.4. The Bertz CT molecular complexity index is 4290. The van der Waals surface area contributed by atoms with Gasteiger partial charge in [0.25, 0.3) is 0 Å². The van der Waals surface area contributed by atoms with Crippen molar-refractivity contribution >= 4 is 49.6 Å². The highest BCUT2D eigenvalue weighted by Gasteiger charge is 2.90. The van der Waals surface area contributed by atoms with Crippen LogP contribution >= 0.6 is 0 Å². The van der Waals surface area contributed by atoms with Gasteiger partial charge in [0.15, 0.2) is 0 Å². The summed E-state index contributed by atoms with van der Waals surface area (Å²) >= 11 is 0. The van der Waals surface area contributed by atoms with Crippen LogP contribution in [0.4, 0.5) is 17.1 Å². The molecule has 4 unspecified atom stereocenters. The van der Waals surface area contributed by atoms with Crippen molar-refractivity contribution in [1.29, 1.82) is 0 Å². The summed E-state index contributed by atoms with van der Waals surface area (Å²) in [4.78, 5) is 2.52. The zero-order chi connectivity index (χ0) is 49.0. The molecule has 354 valence electrons. The first-order valence-corrected chi connectivity index (χ1v) is 27.2. The Morgan fingerprint density at radius 1 is 0.360 bits per heavy atom. The van der Waals surface area contributed by atoms with Crippen LogP contribution in [0.5, 0.6) is 0 Å². The van der Waals surface area contributed by atoms with E-state index in [1.807, 2.05) is 0 Å². The summed E-state index contributed by atoms with van der Waals surface area (Å²) in [7, 11) is 0. The van der Waals surface area contributed by atoms with Gasteiger partial charge in [-0.1, -0.05) is 200 Å². The fourth-order valence-electron chi connectivity index (χ4n) is 16.6. The molecule has 5 aliphatic carbocycles. The number of anilines is 3. The highest BCUT2D eigenvalue weighted by molar-refractivity contribution is 6.12. The van der Waals surface area contributed by atoms with Crippen molar-refractivity contribution in [2.75, 3.05) is 4.90 Å². The fraction of sp³-hybridized carbons (Fsp3) is 0.123. The van der Waals surface area contributed by atoms with E-state index in [-0.39, 0.29) is 5.41 Å². The molecule has 2 spiro atoms. The molecule has 0 N–H and O–H groups in total. The molecule has 2 nitrogen and oxygen atoms in total. The van der Waals surface area contributed by atoms with Crippen LogP contribution in [0, 0.1) is 29.1 Å². The summed E-state index contributed by atoms with van der Waals surface area (Å²) in [5.41, 5.74) is 23.6. The largest absolute Gasteiger partial charge is 0.309 e. The second-order valence-corrected chi connectivity index (χ2v) is 22.3. The molecule has 0 aliphatic heterocycles. The normalized spacial score (nSPS) is 22.1. The minimum Gasteiger partial charge on any atom is -0.309 e. The van der Waals surface area contributed by atoms with Gasteiger partial charge in [0, 0.05) is 38.7 Å². The maximum Gasteiger partial charge on any atom is 0.0547 e. The Labute approximate surface area is 437 Å². The predicted molar refractivity (Wildman–Crippen MR) is 311 cm³/mol. The van der Waals surface area contributed by atoms with E-state index in [0.29, 0.717) is 5.41 Å². The number of fused-ring (bicyclic) bond motifs is 11. The first-order chi connectivity index (χ1) is 37.2. The number of aromatic nitrogens is 1. The van der Waals surface area contributed by atoms with E-state index in [1.54, 1.807) is 11.1 Å². The maximum atomic E-state index is 2.62. The Hall–Kier alpha value is -8.72. The molecule has 0 amide bonds. The number of rotatable bonds is 8. The van der Waals surface area contributed by atoms with Crippen molar-refractivity contribution in [3.05, 3.63) is 266 Å². The number of para-hydroxylation sites is 4. The lowest BCUT2D eigenvalue weighted by Crippen LogP contribution is -2.88. The molecule has 4 saturated carbocycles. The van der Waals surface area contributed by atoms with E-state index < -0.39 is 0 Å². The van der Waals surface area contributed by atoms with Crippen LogP contribution in [0.3, 0.4) is 0 Å². The van der Waals surface area contributed by atoms with Crippen LogP contribution in [-0.4, -0.2) is 4.57 Å². The van der Waals surface area contributed by atoms with Gasteiger partial charge < -0.3 is 9.47 Å². The van der Waals surface area contributed by atoms with Gasteiger partial charge in [0.2, 0.25) is 0 Å². The van der Waals surface area contributed by atoms with Crippen LogP contribution in [0.2, 0.25) is 0 Å². The Morgan fingerprint density at radius 2 is 0.947 bits per heavy atom. The van der Waals surface area contributed by atoms with Crippen molar-refractivity contribution in [3.63, 3.8) is 0 Å². The summed E-state index contributed by atoms with van der Waals surface area (Å²) < 4.78 is 2.43. The molecule has 5 aliphatic rings. The minimum absolute atomic E-state index is 0.181. The summed E-state index contributed by atoms with van der Waals surface area (Å²) in [6.07, 6.45) is 4.31.